The molecule has 1 heterocycles. The maximum absolute atomic E-state index is 11.2. The fourth-order valence-corrected chi connectivity index (χ4v) is 1.28. The molecule has 2 N–H and O–H groups in total. The summed E-state index contributed by atoms with van der Waals surface area (Å²) in [6.07, 6.45) is 1.67. The summed E-state index contributed by atoms with van der Waals surface area (Å²) >= 11 is 0. The molecule has 0 aliphatic heterocycles. The van der Waals surface area contributed by atoms with Crippen molar-refractivity contribution >= 4 is 5.91 Å². The van der Waals surface area contributed by atoms with E-state index in [0.717, 1.165) is 5.69 Å². The molecule has 76 valence electrons. The van der Waals surface area contributed by atoms with Crippen molar-refractivity contribution in [2.75, 3.05) is 20.6 Å². The van der Waals surface area contributed by atoms with E-state index in [1.54, 1.807) is 6.20 Å². The minimum absolute atomic E-state index is 0.328. The Morgan fingerprint density at radius 2 is 2.29 bits per heavy atom. The van der Waals surface area contributed by atoms with Gasteiger partial charge in [-0.1, -0.05) is 6.07 Å². The Hall–Kier alpha value is -1.42. The molecule has 0 aliphatic carbocycles. The van der Waals surface area contributed by atoms with Crippen LogP contribution in [0.4, 0.5) is 0 Å². The van der Waals surface area contributed by atoms with Crippen LogP contribution >= 0.6 is 0 Å². The molecular formula is C10H15N3O. The summed E-state index contributed by atoms with van der Waals surface area (Å²) in [6.45, 7) is 0.590. The van der Waals surface area contributed by atoms with Crippen LogP contribution in [-0.2, 0) is 4.79 Å². The van der Waals surface area contributed by atoms with Crippen molar-refractivity contribution in [1.29, 1.82) is 0 Å². The highest BCUT2D eigenvalue weighted by Crippen LogP contribution is 2.12. The predicted molar refractivity (Wildman–Crippen MR) is 54.7 cm³/mol. The summed E-state index contributed by atoms with van der Waals surface area (Å²) < 4.78 is 0. The van der Waals surface area contributed by atoms with Gasteiger partial charge in [-0.2, -0.15) is 0 Å². The van der Waals surface area contributed by atoms with Crippen LogP contribution in [0.3, 0.4) is 0 Å². The molecule has 0 aliphatic rings. The minimum atomic E-state index is -0.336. The predicted octanol–water partition coefficient (Wildman–Crippen LogP) is 0.212. The molecule has 0 aromatic carbocycles. The zero-order valence-electron chi connectivity index (χ0n) is 8.47. The highest BCUT2D eigenvalue weighted by atomic mass is 16.1. The van der Waals surface area contributed by atoms with Crippen molar-refractivity contribution in [2.45, 2.75) is 5.92 Å². The molecule has 1 rings (SSSR count). The fraction of sp³-hybridized carbons (Fsp3) is 0.400. The van der Waals surface area contributed by atoms with E-state index < -0.39 is 0 Å². The molecule has 1 unspecified atom stereocenters. The van der Waals surface area contributed by atoms with Gasteiger partial charge in [-0.3, -0.25) is 9.78 Å². The van der Waals surface area contributed by atoms with Crippen LogP contribution in [0.2, 0.25) is 0 Å². The summed E-state index contributed by atoms with van der Waals surface area (Å²) in [5, 5.41) is 0. The van der Waals surface area contributed by atoms with E-state index in [1.807, 2.05) is 37.2 Å². The lowest BCUT2D eigenvalue weighted by atomic mass is 10.0. The third kappa shape index (κ3) is 2.81. The van der Waals surface area contributed by atoms with Crippen LogP contribution in [0.25, 0.3) is 0 Å². The van der Waals surface area contributed by atoms with E-state index in [1.165, 1.54) is 0 Å². The Morgan fingerprint density at radius 1 is 1.57 bits per heavy atom. The molecule has 0 saturated heterocycles. The van der Waals surface area contributed by atoms with Crippen LogP contribution in [0.1, 0.15) is 11.6 Å². The molecule has 1 aromatic heterocycles. The van der Waals surface area contributed by atoms with E-state index in [-0.39, 0.29) is 11.8 Å². The number of likely N-dealkylation sites (N-methyl/N-ethyl adjacent to an activating group) is 1. The van der Waals surface area contributed by atoms with Crippen LogP contribution in [0, 0.1) is 0 Å². The smallest absolute Gasteiger partial charge is 0.227 e. The first-order valence-corrected chi connectivity index (χ1v) is 4.46. The Bertz CT molecular complexity index is 297. The van der Waals surface area contributed by atoms with Gasteiger partial charge in [0, 0.05) is 12.7 Å². The van der Waals surface area contributed by atoms with Gasteiger partial charge in [0.25, 0.3) is 0 Å². The van der Waals surface area contributed by atoms with Crippen LogP contribution in [0.15, 0.2) is 24.4 Å². The van der Waals surface area contributed by atoms with Crippen LogP contribution < -0.4 is 5.73 Å². The van der Waals surface area contributed by atoms with Gasteiger partial charge in [0.2, 0.25) is 5.91 Å². The lowest BCUT2D eigenvalue weighted by molar-refractivity contribution is -0.119. The second-order valence-electron chi connectivity index (χ2n) is 3.47. The molecule has 0 spiro atoms. The molecule has 1 amide bonds. The SMILES string of the molecule is CN(C)CC(C(N)=O)c1ccccn1. The van der Waals surface area contributed by atoms with Crippen molar-refractivity contribution < 1.29 is 4.79 Å². The largest absolute Gasteiger partial charge is 0.369 e. The second kappa shape index (κ2) is 4.72. The zero-order chi connectivity index (χ0) is 10.6. The van der Waals surface area contributed by atoms with Crippen molar-refractivity contribution in [3.8, 4) is 0 Å². The standard InChI is InChI=1S/C10H15N3O/c1-13(2)7-8(10(11)14)9-5-3-4-6-12-9/h3-6,8H,7H2,1-2H3,(H2,11,14). The molecule has 0 fully saturated rings. The van der Waals surface area contributed by atoms with E-state index in [4.69, 9.17) is 5.73 Å². The third-order valence-electron chi connectivity index (χ3n) is 1.94. The highest BCUT2D eigenvalue weighted by Gasteiger charge is 2.19. The van der Waals surface area contributed by atoms with Crippen molar-refractivity contribution in [2.24, 2.45) is 5.73 Å². The van der Waals surface area contributed by atoms with Crippen molar-refractivity contribution in [3.05, 3.63) is 30.1 Å². The van der Waals surface area contributed by atoms with Gasteiger partial charge in [-0.25, -0.2) is 0 Å². The first-order valence-electron chi connectivity index (χ1n) is 4.46. The van der Waals surface area contributed by atoms with Gasteiger partial charge in [0.1, 0.15) is 0 Å². The Labute approximate surface area is 83.7 Å². The molecule has 0 radical (unpaired) electrons. The van der Waals surface area contributed by atoms with E-state index in [2.05, 4.69) is 4.98 Å². The van der Waals surface area contributed by atoms with Crippen molar-refractivity contribution in [3.63, 3.8) is 0 Å². The van der Waals surface area contributed by atoms with Gasteiger partial charge < -0.3 is 10.6 Å². The number of carbonyl (C=O) groups excluding carboxylic acids is 1. The first kappa shape index (κ1) is 10.7. The van der Waals surface area contributed by atoms with Gasteiger partial charge in [-0.05, 0) is 26.2 Å². The summed E-state index contributed by atoms with van der Waals surface area (Å²) in [4.78, 5) is 17.2. The number of hydrogen-bond acceptors (Lipinski definition) is 3. The zero-order valence-corrected chi connectivity index (χ0v) is 8.47. The first-order chi connectivity index (χ1) is 6.61. The number of carbonyl (C=O) groups is 1. The molecule has 1 aromatic rings. The summed E-state index contributed by atoms with van der Waals surface area (Å²) in [5.74, 6) is -0.663. The quantitative estimate of drug-likeness (QED) is 0.743. The average molecular weight is 193 g/mol. The minimum Gasteiger partial charge on any atom is -0.369 e. The molecule has 4 heteroatoms. The Morgan fingerprint density at radius 3 is 2.71 bits per heavy atom. The number of amides is 1. The number of pyridine rings is 1. The third-order valence-corrected chi connectivity index (χ3v) is 1.94. The highest BCUT2D eigenvalue weighted by molar-refractivity contribution is 5.81. The average Bonchev–Trinajstić information content (AvgIpc) is 2.15. The van der Waals surface area contributed by atoms with E-state index in [0.29, 0.717) is 6.54 Å². The second-order valence-corrected chi connectivity index (χ2v) is 3.47. The molecule has 0 bridgehead atoms. The van der Waals surface area contributed by atoms with Crippen molar-refractivity contribution in [1.82, 2.24) is 9.88 Å². The molecule has 1 atom stereocenters. The number of nitrogens with zero attached hydrogens (tertiary/aromatic N) is 2. The van der Waals surface area contributed by atoms with Gasteiger partial charge in [0.15, 0.2) is 0 Å². The molecule has 4 nitrogen and oxygen atoms in total. The Balaban J connectivity index is 2.84. The maximum atomic E-state index is 11.2. The van der Waals surface area contributed by atoms with Crippen LogP contribution in [-0.4, -0.2) is 36.4 Å². The number of primary amides is 1. The summed E-state index contributed by atoms with van der Waals surface area (Å²) in [6, 6.07) is 5.49. The molecule has 14 heavy (non-hydrogen) atoms. The Kier molecular flexibility index (Phi) is 3.59. The summed E-state index contributed by atoms with van der Waals surface area (Å²) in [5.41, 5.74) is 6.04. The topological polar surface area (TPSA) is 59.2 Å². The maximum Gasteiger partial charge on any atom is 0.227 e. The lowest BCUT2D eigenvalue weighted by Gasteiger charge is -2.17. The number of nitrogens with two attached hydrogens (primary N) is 1. The number of hydrogen-bond donors (Lipinski definition) is 1. The van der Waals surface area contributed by atoms with Gasteiger partial charge in [-0.15, -0.1) is 0 Å². The van der Waals surface area contributed by atoms with E-state index >= 15 is 0 Å². The monoisotopic (exact) mass is 193 g/mol. The number of rotatable bonds is 4. The van der Waals surface area contributed by atoms with Crippen LogP contribution in [0.5, 0.6) is 0 Å². The van der Waals surface area contributed by atoms with Gasteiger partial charge in [0.05, 0.1) is 11.6 Å². The molecule has 0 saturated carbocycles. The fourth-order valence-electron chi connectivity index (χ4n) is 1.28. The molecular weight excluding hydrogens is 178 g/mol. The summed E-state index contributed by atoms with van der Waals surface area (Å²) in [7, 11) is 3.80. The number of aromatic nitrogens is 1. The van der Waals surface area contributed by atoms with Gasteiger partial charge >= 0.3 is 0 Å². The normalized spacial score (nSPS) is 12.8. The van der Waals surface area contributed by atoms with E-state index in [9.17, 15) is 4.79 Å². The lowest BCUT2D eigenvalue weighted by Crippen LogP contribution is -2.31.